The highest BCUT2D eigenvalue weighted by molar-refractivity contribution is 6.62. The smallest absolute Gasteiger partial charge is 0.445 e. The van der Waals surface area contributed by atoms with E-state index in [0.29, 0.717) is 0 Å². The fourth-order valence-electron chi connectivity index (χ4n) is 3.94. The predicted octanol–water partition coefficient (Wildman–Crippen LogP) is 2.45. The maximum atomic E-state index is 13.0. The number of amides is 3. The summed E-state index contributed by atoms with van der Waals surface area (Å²) in [6, 6.07) is 14.8. The average molecular weight is 523 g/mol. The van der Waals surface area contributed by atoms with Crippen molar-refractivity contribution in [3.8, 4) is 0 Å². The van der Waals surface area contributed by atoms with Crippen molar-refractivity contribution in [1.29, 1.82) is 0 Å². The molecule has 1 saturated heterocycles. The van der Waals surface area contributed by atoms with E-state index in [1.807, 2.05) is 82.3 Å². The molecule has 1 aliphatic heterocycles. The van der Waals surface area contributed by atoms with Crippen LogP contribution in [0, 0.1) is 5.92 Å². The number of ether oxygens (including phenoxy) is 1. The summed E-state index contributed by atoms with van der Waals surface area (Å²) in [6.45, 7) is 11.6. The van der Waals surface area contributed by atoms with Crippen LogP contribution < -0.4 is 21.8 Å². The number of hydrogen-bond acceptors (Lipinski definition) is 6. The molecule has 0 unspecified atom stereocenters. The van der Waals surface area contributed by atoms with E-state index in [1.54, 1.807) is 13.8 Å². The quantitative estimate of drug-likeness (QED) is 0.411. The molecular weight excluding hydrogens is 485 g/mol. The Hall–Kier alpha value is -3.37. The van der Waals surface area contributed by atoms with Crippen LogP contribution in [0.5, 0.6) is 0 Å². The van der Waals surface area contributed by atoms with Crippen LogP contribution in [0.15, 0.2) is 54.6 Å². The fourth-order valence-corrected chi connectivity index (χ4v) is 3.94. The topological polar surface area (TPSA) is 129 Å². The molecule has 0 bridgehead atoms. The molecule has 2 atom stereocenters. The molecule has 1 fully saturated rings. The van der Waals surface area contributed by atoms with Gasteiger partial charge in [0.25, 0.3) is 0 Å². The molecular formula is C28H38BN3O6. The maximum absolute atomic E-state index is 13.0. The Morgan fingerprint density at radius 2 is 1.47 bits per heavy atom. The number of carbonyl (C=O) groups excluding carboxylic acids is 3. The largest absolute Gasteiger partial charge is 0.494 e. The summed E-state index contributed by atoms with van der Waals surface area (Å²) >= 11 is 0. The molecule has 1 aliphatic rings. The molecule has 2 aromatic carbocycles. The van der Waals surface area contributed by atoms with Crippen molar-refractivity contribution in [2.75, 3.05) is 0 Å². The van der Waals surface area contributed by atoms with Crippen LogP contribution in [0.3, 0.4) is 0 Å². The highest BCUT2D eigenvalue weighted by Gasteiger charge is 2.51. The second-order valence-electron chi connectivity index (χ2n) is 10.9. The van der Waals surface area contributed by atoms with E-state index in [4.69, 9.17) is 19.8 Å². The standard InChI is InChI=1S/C28H38BN3O6/c1-18(2)23(32-26(35)36-17-20-10-8-7-9-11-20)25(34)31-22(24(30)33)16-19-12-14-21(15-13-19)29-37-27(3,4)28(5,6)38-29/h7-15,18,22-23H,16-17H2,1-6H3,(H2,30,33)(H,31,34)(H,32,35)/t22-,23-/m1/s1. The van der Waals surface area contributed by atoms with Gasteiger partial charge in [-0.1, -0.05) is 68.4 Å². The highest BCUT2D eigenvalue weighted by Crippen LogP contribution is 2.36. The van der Waals surface area contributed by atoms with Gasteiger partial charge in [0.05, 0.1) is 11.2 Å². The first-order chi connectivity index (χ1) is 17.8. The van der Waals surface area contributed by atoms with E-state index in [0.717, 1.165) is 16.6 Å². The number of benzene rings is 2. The molecule has 1 heterocycles. The van der Waals surface area contributed by atoms with Gasteiger partial charge in [-0.15, -0.1) is 0 Å². The summed E-state index contributed by atoms with van der Waals surface area (Å²) in [7, 11) is -0.500. The Morgan fingerprint density at radius 3 is 2.00 bits per heavy atom. The third-order valence-corrected chi connectivity index (χ3v) is 7.04. The SMILES string of the molecule is CC(C)[C@@H](NC(=O)OCc1ccccc1)C(=O)N[C@H](Cc1ccc(B2OC(C)(C)C(C)(C)O2)cc1)C(N)=O. The molecule has 0 aromatic heterocycles. The molecule has 10 heteroatoms. The van der Waals surface area contributed by atoms with Gasteiger partial charge in [0.15, 0.2) is 0 Å². The monoisotopic (exact) mass is 523 g/mol. The second kappa shape index (κ2) is 12.0. The van der Waals surface area contributed by atoms with E-state index in [9.17, 15) is 14.4 Å². The van der Waals surface area contributed by atoms with Crippen molar-refractivity contribution in [1.82, 2.24) is 10.6 Å². The lowest BCUT2D eigenvalue weighted by molar-refractivity contribution is -0.129. The average Bonchev–Trinajstić information content (AvgIpc) is 3.08. The number of alkyl carbamates (subject to hydrolysis) is 1. The van der Waals surface area contributed by atoms with Gasteiger partial charge in [0.2, 0.25) is 11.8 Å². The summed E-state index contributed by atoms with van der Waals surface area (Å²) in [4.78, 5) is 37.6. The Kier molecular flexibility index (Phi) is 9.22. The van der Waals surface area contributed by atoms with Crippen molar-refractivity contribution >= 4 is 30.5 Å². The number of nitrogens with one attached hydrogen (secondary N) is 2. The van der Waals surface area contributed by atoms with Crippen molar-refractivity contribution in [2.45, 2.75) is 77.9 Å². The van der Waals surface area contributed by atoms with Crippen LogP contribution in [0.25, 0.3) is 0 Å². The second-order valence-corrected chi connectivity index (χ2v) is 10.9. The molecule has 0 saturated carbocycles. The fraction of sp³-hybridized carbons (Fsp3) is 0.464. The van der Waals surface area contributed by atoms with Crippen molar-refractivity contribution in [3.63, 3.8) is 0 Å². The minimum atomic E-state index is -0.964. The summed E-state index contributed by atoms with van der Waals surface area (Å²) < 4.78 is 17.4. The minimum Gasteiger partial charge on any atom is -0.445 e. The van der Waals surface area contributed by atoms with Crippen LogP contribution in [0.1, 0.15) is 52.7 Å². The number of hydrogen-bond donors (Lipinski definition) is 3. The van der Waals surface area contributed by atoms with Crippen molar-refractivity contribution in [3.05, 3.63) is 65.7 Å². The molecule has 3 rings (SSSR count). The van der Waals surface area contributed by atoms with Crippen molar-refractivity contribution < 1.29 is 28.4 Å². The Balaban J connectivity index is 1.60. The zero-order valence-electron chi connectivity index (χ0n) is 22.9. The van der Waals surface area contributed by atoms with E-state index in [1.165, 1.54) is 0 Å². The lowest BCUT2D eigenvalue weighted by atomic mass is 9.78. The molecule has 0 spiro atoms. The number of primary amides is 1. The van der Waals surface area contributed by atoms with Gasteiger partial charge in [-0.3, -0.25) is 9.59 Å². The van der Waals surface area contributed by atoms with E-state index < -0.39 is 48.3 Å². The third-order valence-electron chi connectivity index (χ3n) is 7.04. The van der Waals surface area contributed by atoms with Crippen LogP contribution >= 0.6 is 0 Å². The first-order valence-electron chi connectivity index (χ1n) is 12.8. The molecule has 0 radical (unpaired) electrons. The van der Waals surface area contributed by atoms with Gasteiger partial charge in [-0.05, 0) is 50.2 Å². The Bertz CT molecular complexity index is 1110. The molecule has 204 valence electrons. The number of carbonyl (C=O) groups is 3. The van der Waals surface area contributed by atoms with Gasteiger partial charge in [-0.25, -0.2) is 4.79 Å². The lowest BCUT2D eigenvalue weighted by Crippen LogP contribution is -2.55. The summed E-state index contributed by atoms with van der Waals surface area (Å²) in [5.74, 6) is -1.45. The van der Waals surface area contributed by atoms with Crippen LogP contribution in [0.2, 0.25) is 0 Å². The van der Waals surface area contributed by atoms with Crippen LogP contribution in [0.4, 0.5) is 4.79 Å². The van der Waals surface area contributed by atoms with Gasteiger partial charge in [0, 0.05) is 6.42 Å². The Labute approximate surface area is 224 Å². The van der Waals surface area contributed by atoms with Crippen LogP contribution in [-0.4, -0.2) is 48.3 Å². The molecule has 9 nitrogen and oxygen atoms in total. The van der Waals surface area contributed by atoms with E-state index in [-0.39, 0.29) is 18.9 Å². The van der Waals surface area contributed by atoms with Crippen molar-refractivity contribution in [2.24, 2.45) is 11.7 Å². The normalized spacial score (nSPS) is 17.5. The van der Waals surface area contributed by atoms with E-state index in [2.05, 4.69) is 10.6 Å². The zero-order valence-corrected chi connectivity index (χ0v) is 22.9. The lowest BCUT2D eigenvalue weighted by Gasteiger charge is -2.32. The Morgan fingerprint density at radius 1 is 0.895 bits per heavy atom. The number of rotatable bonds is 10. The number of nitrogens with two attached hydrogens (primary N) is 1. The first kappa shape index (κ1) is 29.2. The third kappa shape index (κ3) is 7.36. The molecule has 3 amide bonds. The van der Waals surface area contributed by atoms with Crippen LogP contribution in [-0.2, 0) is 36.7 Å². The van der Waals surface area contributed by atoms with Gasteiger partial charge in [-0.2, -0.15) is 0 Å². The summed E-state index contributed by atoms with van der Waals surface area (Å²) in [5, 5.41) is 5.28. The summed E-state index contributed by atoms with van der Waals surface area (Å²) in [6.07, 6.45) is -0.537. The van der Waals surface area contributed by atoms with Gasteiger partial charge in [0.1, 0.15) is 18.7 Å². The van der Waals surface area contributed by atoms with Gasteiger partial charge < -0.3 is 30.4 Å². The minimum absolute atomic E-state index is 0.0743. The molecule has 38 heavy (non-hydrogen) atoms. The predicted molar refractivity (Wildman–Crippen MR) is 145 cm³/mol. The highest BCUT2D eigenvalue weighted by atomic mass is 16.7. The maximum Gasteiger partial charge on any atom is 0.494 e. The van der Waals surface area contributed by atoms with E-state index >= 15 is 0 Å². The zero-order chi connectivity index (χ0) is 28.1. The summed E-state index contributed by atoms with van der Waals surface area (Å²) in [5.41, 5.74) is 7.18. The molecule has 0 aliphatic carbocycles. The molecule has 4 N–H and O–H groups in total. The van der Waals surface area contributed by atoms with Gasteiger partial charge >= 0.3 is 13.2 Å². The molecule has 2 aromatic rings. The first-order valence-corrected chi connectivity index (χ1v) is 12.8.